The van der Waals surface area contributed by atoms with E-state index in [1.165, 1.54) is 18.2 Å². The number of hydrogen-bond donors (Lipinski definition) is 1. The Hall–Kier alpha value is -3.62. The van der Waals surface area contributed by atoms with Crippen LogP contribution in [0.25, 0.3) is 11.6 Å². The normalized spacial score (nSPS) is 16.6. The minimum atomic E-state index is -4.77. The summed E-state index contributed by atoms with van der Waals surface area (Å²) in [5.41, 5.74) is 2.78. The van der Waals surface area contributed by atoms with E-state index >= 15 is 0 Å². The first-order valence-electron chi connectivity index (χ1n) is 10.6. The van der Waals surface area contributed by atoms with Gasteiger partial charge in [0.25, 0.3) is 0 Å². The SMILES string of the molecule is O=C1CCc2cc(C=CC(=O)N3CCC=C(c4ccccc4OC(F)(F)F)CC3)cnc2N1. The molecule has 0 fully saturated rings. The van der Waals surface area contributed by atoms with Crippen LogP contribution in [0.5, 0.6) is 5.75 Å². The summed E-state index contributed by atoms with van der Waals surface area (Å²) in [5.74, 6) is 0.0633. The predicted octanol–water partition coefficient (Wildman–Crippen LogP) is 4.58. The maximum absolute atomic E-state index is 12.7. The fourth-order valence-electron chi connectivity index (χ4n) is 3.91. The van der Waals surface area contributed by atoms with Gasteiger partial charge in [-0.25, -0.2) is 4.98 Å². The van der Waals surface area contributed by atoms with Crippen LogP contribution in [0.1, 0.15) is 36.0 Å². The number of halogens is 3. The fourth-order valence-corrected chi connectivity index (χ4v) is 3.91. The molecule has 2 aromatic rings. The van der Waals surface area contributed by atoms with Crippen LogP contribution >= 0.6 is 0 Å². The van der Waals surface area contributed by atoms with Crippen LogP contribution in [0.3, 0.4) is 0 Å². The molecule has 4 rings (SSSR count). The number of amides is 2. The van der Waals surface area contributed by atoms with Crippen molar-refractivity contribution in [2.24, 2.45) is 0 Å². The molecule has 1 N–H and O–H groups in total. The number of rotatable bonds is 4. The van der Waals surface area contributed by atoms with Gasteiger partial charge in [0, 0.05) is 37.3 Å². The molecular weight excluding hydrogens is 435 g/mol. The van der Waals surface area contributed by atoms with Crippen LogP contribution in [0.15, 0.2) is 48.7 Å². The summed E-state index contributed by atoms with van der Waals surface area (Å²) < 4.78 is 42.4. The standard InChI is InChI=1S/C24H22F3N3O3/c25-24(26,27)33-20-6-2-1-5-19(20)17-4-3-12-30(13-11-17)22(32)10-7-16-14-18-8-9-21(31)29-23(18)28-15-16/h1-2,4-7,10,14-15H,3,8-9,11-13H2,(H,28,29,31). The molecule has 0 spiro atoms. The lowest BCUT2D eigenvalue weighted by atomic mass is 10.0. The molecule has 0 radical (unpaired) electrons. The Morgan fingerprint density at radius 2 is 1.97 bits per heavy atom. The number of carbonyl (C=O) groups is 2. The summed E-state index contributed by atoms with van der Waals surface area (Å²) in [7, 11) is 0. The third-order valence-electron chi connectivity index (χ3n) is 5.50. The highest BCUT2D eigenvalue weighted by Gasteiger charge is 2.32. The van der Waals surface area contributed by atoms with E-state index < -0.39 is 6.36 Å². The van der Waals surface area contributed by atoms with Crippen molar-refractivity contribution in [2.45, 2.75) is 32.0 Å². The van der Waals surface area contributed by atoms with Gasteiger partial charge >= 0.3 is 6.36 Å². The number of aromatic nitrogens is 1. The van der Waals surface area contributed by atoms with Gasteiger partial charge in [0.05, 0.1) is 0 Å². The predicted molar refractivity (Wildman–Crippen MR) is 117 cm³/mol. The van der Waals surface area contributed by atoms with Crippen molar-refractivity contribution in [2.75, 3.05) is 18.4 Å². The van der Waals surface area contributed by atoms with Gasteiger partial charge in [0.15, 0.2) is 0 Å². The third-order valence-corrected chi connectivity index (χ3v) is 5.50. The summed E-state index contributed by atoms with van der Waals surface area (Å²) in [6.45, 7) is 0.841. The fraction of sp³-hybridized carbons (Fsp3) is 0.292. The summed E-state index contributed by atoms with van der Waals surface area (Å²) >= 11 is 0. The molecule has 2 amide bonds. The van der Waals surface area contributed by atoms with E-state index in [9.17, 15) is 22.8 Å². The number of nitrogens with zero attached hydrogens (tertiary/aromatic N) is 2. The minimum Gasteiger partial charge on any atom is -0.405 e. The zero-order valence-electron chi connectivity index (χ0n) is 17.7. The molecule has 0 atom stereocenters. The second kappa shape index (κ2) is 9.48. The Bertz CT molecular complexity index is 1130. The summed E-state index contributed by atoms with van der Waals surface area (Å²) in [6, 6.07) is 7.93. The van der Waals surface area contributed by atoms with Gasteiger partial charge in [-0.15, -0.1) is 13.2 Å². The van der Waals surface area contributed by atoms with Gasteiger partial charge in [0.1, 0.15) is 11.6 Å². The first-order chi connectivity index (χ1) is 15.8. The lowest BCUT2D eigenvalue weighted by Gasteiger charge is -2.19. The zero-order valence-corrected chi connectivity index (χ0v) is 17.7. The second-order valence-electron chi connectivity index (χ2n) is 7.80. The number of aryl methyl sites for hydroxylation is 1. The van der Waals surface area contributed by atoms with Crippen molar-refractivity contribution >= 4 is 29.3 Å². The van der Waals surface area contributed by atoms with Crippen molar-refractivity contribution < 1.29 is 27.5 Å². The van der Waals surface area contributed by atoms with E-state index in [4.69, 9.17) is 0 Å². The highest BCUT2D eigenvalue weighted by Crippen LogP contribution is 2.33. The monoisotopic (exact) mass is 457 g/mol. The highest BCUT2D eigenvalue weighted by atomic mass is 19.4. The zero-order chi connectivity index (χ0) is 23.4. The van der Waals surface area contributed by atoms with E-state index in [0.717, 1.165) is 16.7 Å². The number of alkyl halides is 3. The minimum absolute atomic E-state index is 0.0600. The number of anilines is 1. The number of para-hydroxylation sites is 1. The summed E-state index contributed by atoms with van der Waals surface area (Å²) in [6.07, 6.45) is 3.77. The Balaban J connectivity index is 1.40. The van der Waals surface area contributed by atoms with Gasteiger partial charge in [-0.1, -0.05) is 24.3 Å². The molecule has 0 aliphatic carbocycles. The molecule has 0 saturated heterocycles. The lowest BCUT2D eigenvalue weighted by Crippen LogP contribution is -2.30. The molecule has 2 aliphatic heterocycles. The average Bonchev–Trinajstić information content (AvgIpc) is 3.03. The largest absolute Gasteiger partial charge is 0.573 e. The lowest BCUT2D eigenvalue weighted by molar-refractivity contribution is -0.274. The summed E-state index contributed by atoms with van der Waals surface area (Å²) in [4.78, 5) is 30.1. The number of ether oxygens (including phenoxy) is 1. The van der Waals surface area contributed by atoms with Crippen molar-refractivity contribution in [3.63, 3.8) is 0 Å². The van der Waals surface area contributed by atoms with Crippen LogP contribution in [0.4, 0.5) is 19.0 Å². The third kappa shape index (κ3) is 5.79. The molecule has 6 nitrogen and oxygen atoms in total. The maximum atomic E-state index is 12.7. The quantitative estimate of drug-likeness (QED) is 0.682. The molecule has 2 aliphatic rings. The maximum Gasteiger partial charge on any atom is 0.573 e. The Morgan fingerprint density at radius 1 is 1.15 bits per heavy atom. The first kappa shape index (κ1) is 22.6. The van der Waals surface area contributed by atoms with E-state index in [0.29, 0.717) is 50.2 Å². The highest BCUT2D eigenvalue weighted by molar-refractivity contribution is 5.94. The number of fused-ring (bicyclic) bond motifs is 1. The van der Waals surface area contributed by atoms with Gasteiger partial charge in [-0.3, -0.25) is 9.59 Å². The van der Waals surface area contributed by atoms with E-state index in [-0.39, 0.29) is 17.6 Å². The Kier molecular flexibility index (Phi) is 6.48. The molecular formula is C24H22F3N3O3. The number of hydrogen-bond acceptors (Lipinski definition) is 4. The number of nitrogens with one attached hydrogen (secondary N) is 1. The molecule has 1 aromatic carbocycles. The van der Waals surface area contributed by atoms with Crippen molar-refractivity contribution in [3.05, 3.63) is 65.4 Å². The number of benzene rings is 1. The van der Waals surface area contributed by atoms with Crippen LogP contribution in [-0.4, -0.2) is 41.2 Å². The van der Waals surface area contributed by atoms with Crippen LogP contribution in [0, 0.1) is 0 Å². The molecule has 3 heterocycles. The van der Waals surface area contributed by atoms with Crippen molar-refractivity contribution in [1.29, 1.82) is 0 Å². The number of carbonyl (C=O) groups excluding carboxylic acids is 2. The molecule has 0 bridgehead atoms. The van der Waals surface area contributed by atoms with E-state index in [1.807, 2.05) is 12.1 Å². The van der Waals surface area contributed by atoms with Crippen LogP contribution in [-0.2, 0) is 16.0 Å². The smallest absolute Gasteiger partial charge is 0.405 e. The average molecular weight is 457 g/mol. The van der Waals surface area contributed by atoms with Gasteiger partial charge in [-0.2, -0.15) is 0 Å². The molecule has 0 saturated carbocycles. The Labute approximate surface area is 188 Å². The molecule has 0 unspecified atom stereocenters. The van der Waals surface area contributed by atoms with Crippen molar-refractivity contribution in [1.82, 2.24) is 9.88 Å². The Morgan fingerprint density at radius 3 is 2.79 bits per heavy atom. The molecule has 1 aromatic heterocycles. The van der Waals surface area contributed by atoms with Crippen LogP contribution in [0.2, 0.25) is 0 Å². The molecule has 9 heteroatoms. The van der Waals surface area contributed by atoms with Crippen LogP contribution < -0.4 is 10.1 Å². The summed E-state index contributed by atoms with van der Waals surface area (Å²) in [5, 5.41) is 2.72. The van der Waals surface area contributed by atoms with E-state index in [2.05, 4.69) is 15.0 Å². The topological polar surface area (TPSA) is 71.5 Å². The molecule has 172 valence electrons. The van der Waals surface area contributed by atoms with Crippen molar-refractivity contribution in [3.8, 4) is 5.75 Å². The molecule has 33 heavy (non-hydrogen) atoms. The number of pyridine rings is 1. The van der Waals surface area contributed by atoms with E-state index in [1.54, 1.807) is 29.3 Å². The van der Waals surface area contributed by atoms with Gasteiger partial charge < -0.3 is 15.0 Å². The first-order valence-corrected chi connectivity index (χ1v) is 10.6. The van der Waals surface area contributed by atoms with Gasteiger partial charge in [0.2, 0.25) is 11.8 Å². The van der Waals surface area contributed by atoms with Gasteiger partial charge in [-0.05, 0) is 54.2 Å². The second-order valence-corrected chi connectivity index (χ2v) is 7.80.